The second-order valence-electron chi connectivity index (χ2n) is 6.14. The van der Waals surface area contributed by atoms with Gasteiger partial charge in [0.1, 0.15) is 0 Å². The summed E-state index contributed by atoms with van der Waals surface area (Å²) in [7, 11) is 0. The Balaban J connectivity index is 1.54. The third kappa shape index (κ3) is 3.44. The molecular weight excluding hydrogens is 264 g/mol. The molecule has 1 N–H and O–H groups in total. The smallest absolute Gasteiger partial charge is 0.241 e. The van der Waals surface area contributed by atoms with Crippen LogP contribution in [0.1, 0.15) is 25.3 Å². The van der Waals surface area contributed by atoms with Gasteiger partial charge in [-0.1, -0.05) is 30.3 Å². The van der Waals surface area contributed by atoms with Crippen molar-refractivity contribution in [2.75, 3.05) is 19.8 Å². The largest absolute Gasteiger partial charge is 0.381 e. The van der Waals surface area contributed by atoms with Crippen molar-refractivity contribution in [2.24, 2.45) is 5.92 Å². The minimum Gasteiger partial charge on any atom is -0.381 e. The van der Waals surface area contributed by atoms with Gasteiger partial charge in [0.25, 0.3) is 0 Å². The van der Waals surface area contributed by atoms with Crippen LogP contribution in [0.2, 0.25) is 0 Å². The molecule has 0 saturated carbocycles. The maximum Gasteiger partial charge on any atom is 0.241 e. The molecule has 0 radical (unpaired) electrons. The monoisotopic (exact) mass is 288 g/mol. The molecule has 4 nitrogen and oxygen atoms in total. The normalized spacial score (nSPS) is 29.3. The van der Waals surface area contributed by atoms with Gasteiger partial charge in [0.2, 0.25) is 5.91 Å². The average Bonchev–Trinajstić information content (AvgIpc) is 3.10. The summed E-state index contributed by atoms with van der Waals surface area (Å²) in [6.45, 7) is 4.54. The van der Waals surface area contributed by atoms with Gasteiger partial charge in [0.05, 0.1) is 18.8 Å². The van der Waals surface area contributed by atoms with E-state index in [1.54, 1.807) is 0 Å². The van der Waals surface area contributed by atoms with Crippen molar-refractivity contribution in [2.45, 2.75) is 38.4 Å². The molecule has 0 aliphatic carbocycles. The average molecular weight is 288 g/mol. The predicted molar refractivity (Wildman–Crippen MR) is 81.8 cm³/mol. The molecule has 0 aromatic heterocycles. The number of amides is 1. The molecule has 2 fully saturated rings. The molecule has 1 aromatic rings. The summed E-state index contributed by atoms with van der Waals surface area (Å²) in [6, 6.07) is 10.3. The van der Waals surface area contributed by atoms with Crippen LogP contribution in [-0.4, -0.2) is 42.8 Å². The highest BCUT2D eigenvalue weighted by Gasteiger charge is 2.37. The molecule has 0 spiro atoms. The molecule has 2 aliphatic rings. The molecule has 0 bridgehead atoms. The number of nitrogens with one attached hydrogen (secondary N) is 1. The number of benzene rings is 1. The lowest BCUT2D eigenvalue weighted by Gasteiger charge is -2.23. The van der Waals surface area contributed by atoms with Crippen molar-refractivity contribution in [1.29, 1.82) is 0 Å². The summed E-state index contributed by atoms with van der Waals surface area (Å²) in [6.07, 6.45) is 3.02. The predicted octanol–water partition coefficient (Wildman–Crippen LogP) is 1.80. The number of hydrogen-bond donors (Lipinski definition) is 1. The Morgan fingerprint density at radius 3 is 2.86 bits per heavy atom. The zero-order valence-corrected chi connectivity index (χ0v) is 12.6. The van der Waals surface area contributed by atoms with Gasteiger partial charge in [-0.25, -0.2) is 0 Å². The van der Waals surface area contributed by atoms with Crippen molar-refractivity contribution in [3.05, 3.63) is 35.9 Å². The number of rotatable bonds is 5. The Morgan fingerprint density at radius 1 is 1.33 bits per heavy atom. The fourth-order valence-electron chi connectivity index (χ4n) is 3.26. The molecule has 21 heavy (non-hydrogen) atoms. The van der Waals surface area contributed by atoms with Crippen LogP contribution in [-0.2, 0) is 16.0 Å². The minimum absolute atomic E-state index is 0.0393. The molecule has 3 unspecified atom stereocenters. The lowest BCUT2D eigenvalue weighted by Crippen LogP contribution is -2.38. The fourth-order valence-corrected chi connectivity index (χ4v) is 3.26. The van der Waals surface area contributed by atoms with E-state index in [1.165, 1.54) is 5.56 Å². The van der Waals surface area contributed by atoms with Crippen molar-refractivity contribution in [1.82, 2.24) is 10.2 Å². The Hall–Kier alpha value is -1.39. The quantitative estimate of drug-likeness (QED) is 0.898. The topological polar surface area (TPSA) is 41.6 Å². The first-order valence-corrected chi connectivity index (χ1v) is 7.92. The van der Waals surface area contributed by atoms with Crippen molar-refractivity contribution in [3.63, 3.8) is 0 Å². The van der Waals surface area contributed by atoms with E-state index in [2.05, 4.69) is 24.4 Å². The second kappa shape index (κ2) is 6.58. The van der Waals surface area contributed by atoms with Gasteiger partial charge < -0.3 is 9.64 Å². The molecule has 114 valence electrons. The molecule has 2 heterocycles. The van der Waals surface area contributed by atoms with E-state index < -0.39 is 0 Å². The zero-order valence-electron chi connectivity index (χ0n) is 12.6. The third-order valence-electron chi connectivity index (χ3n) is 4.53. The standard InChI is InChI=1S/C17H24N2O2/c1-13-18-16(8-7-14-5-3-2-4-6-14)17(20)19(13)11-15-9-10-21-12-15/h2-6,13,15-16,18H,7-12H2,1H3. The SMILES string of the molecule is CC1NC(CCc2ccccc2)C(=O)N1CC1CCOC1. The lowest BCUT2D eigenvalue weighted by molar-refractivity contribution is -0.130. The zero-order chi connectivity index (χ0) is 14.7. The highest BCUT2D eigenvalue weighted by Crippen LogP contribution is 2.20. The molecule has 1 aromatic carbocycles. The molecule has 2 saturated heterocycles. The summed E-state index contributed by atoms with van der Waals surface area (Å²) < 4.78 is 5.41. The van der Waals surface area contributed by atoms with E-state index in [0.29, 0.717) is 5.92 Å². The Labute approximate surface area is 126 Å². The molecule has 1 amide bonds. The Kier molecular flexibility index (Phi) is 4.56. The summed E-state index contributed by atoms with van der Waals surface area (Å²) in [5.41, 5.74) is 1.29. The van der Waals surface area contributed by atoms with Gasteiger partial charge in [-0.3, -0.25) is 10.1 Å². The van der Waals surface area contributed by atoms with Crippen molar-refractivity contribution in [3.8, 4) is 0 Å². The van der Waals surface area contributed by atoms with Crippen LogP contribution in [0.3, 0.4) is 0 Å². The fraction of sp³-hybridized carbons (Fsp3) is 0.588. The van der Waals surface area contributed by atoms with E-state index in [9.17, 15) is 4.79 Å². The highest BCUT2D eigenvalue weighted by atomic mass is 16.5. The number of hydrogen-bond acceptors (Lipinski definition) is 3. The first-order chi connectivity index (χ1) is 10.2. The van der Waals surface area contributed by atoms with Crippen LogP contribution in [0.15, 0.2) is 30.3 Å². The second-order valence-corrected chi connectivity index (χ2v) is 6.14. The Morgan fingerprint density at radius 2 is 2.14 bits per heavy atom. The van der Waals surface area contributed by atoms with E-state index in [4.69, 9.17) is 4.74 Å². The summed E-state index contributed by atoms with van der Waals surface area (Å²) >= 11 is 0. The number of carbonyl (C=O) groups is 1. The Bertz CT molecular complexity index is 471. The van der Waals surface area contributed by atoms with Gasteiger partial charge >= 0.3 is 0 Å². The summed E-state index contributed by atoms with van der Waals surface area (Å²) in [5, 5.41) is 3.43. The summed E-state index contributed by atoms with van der Waals surface area (Å²) in [4.78, 5) is 14.5. The molecule has 3 rings (SSSR count). The van der Waals surface area contributed by atoms with E-state index in [1.807, 2.05) is 23.1 Å². The number of nitrogens with zero attached hydrogens (tertiary/aromatic N) is 1. The maximum absolute atomic E-state index is 12.5. The van der Waals surface area contributed by atoms with E-state index in [-0.39, 0.29) is 18.1 Å². The van der Waals surface area contributed by atoms with Crippen LogP contribution in [0.4, 0.5) is 0 Å². The first kappa shape index (κ1) is 14.5. The van der Waals surface area contributed by atoms with Gasteiger partial charge in [0.15, 0.2) is 0 Å². The van der Waals surface area contributed by atoms with Crippen LogP contribution < -0.4 is 5.32 Å². The van der Waals surface area contributed by atoms with Crippen LogP contribution in [0.25, 0.3) is 0 Å². The molecular formula is C17H24N2O2. The number of carbonyl (C=O) groups excluding carboxylic acids is 1. The van der Waals surface area contributed by atoms with Crippen LogP contribution >= 0.6 is 0 Å². The lowest BCUT2D eigenvalue weighted by atomic mass is 10.0. The van der Waals surface area contributed by atoms with Gasteiger partial charge in [-0.15, -0.1) is 0 Å². The van der Waals surface area contributed by atoms with Crippen molar-refractivity contribution >= 4 is 5.91 Å². The minimum atomic E-state index is -0.0393. The number of ether oxygens (including phenoxy) is 1. The molecule has 3 atom stereocenters. The van der Waals surface area contributed by atoms with Gasteiger partial charge in [-0.05, 0) is 31.7 Å². The summed E-state index contributed by atoms with van der Waals surface area (Å²) in [5.74, 6) is 0.761. The number of aryl methyl sites for hydroxylation is 1. The highest BCUT2D eigenvalue weighted by molar-refractivity contribution is 5.84. The van der Waals surface area contributed by atoms with Gasteiger partial charge in [0, 0.05) is 19.1 Å². The molecule has 2 aliphatic heterocycles. The van der Waals surface area contributed by atoms with E-state index >= 15 is 0 Å². The van der Waals surface area contributed by atoms with Gasteiger partial charge in [-0.2, -0.15) is 0 Å². The third-order valence-corrected chi connectivity index (χ3v) is 4.53. The maximum atomic E-state index is 12.5. The van der Waals surface area contributed by atoms with Crippen molar-refractivity contribution < 1.29 is 9.53 Å². The van der Waals surface area contributed by atoms with Crippen LogP contribution in [0.5, 0.6) is 0 Å². The first-order valence-electron chi connectivity index (χ1n) is 7.92. The van der Waals surface area contributed by atoms with Crippen LogP contribution in [0, 0.1) is 5.92 Å². The molecule has 4 heteroatoms. The van der Waals surface area contributed by atoms with E-state index in [0.717, 1.165) is 39.0 Å².